The Morgan fingerprint density at radius 3 is 2.73 bits per heavy atom. The minimum atomic E-state index is -0.480. The van der Waals surface area contributed by atoms with Gasteiger partial charge in [-0.3, -0.25) is 9.59 Å². The molecule has 0 aromatic carbocycles. The normalized spacial score (nSPS) is 47.4. The Bertz CT molecular complexity index is 358. The fraction of sp³-hybridized carbons (Fsp3) is 0.667. The van der Waals surface area contributed by atoms with Crippen molar-refractivity contribution in [1.29, 1.82) is 0 Å². The number of allylic oxidation sites excluding steroid dienone is 1. The molecule has 3 aliphatic rings. The number of hydrogen-bond acceptors (Lipinski definition) is 3. The van der Waals surface area contributed by atoms with Crippen LogP contribution in [0.15, 0.2) is 12.2 Å². The maximum Gasteiger partial charge on any atom is 0.227 e. The number of carbonyl (C=O) groups excluding carboxylic acids is 2. The highest BCUT2D eigenvalue weighted by Crippen LogP contribution is 2.48. The Morgan fingerprint density at radius 2 is 2.00 bits per heavy atom. The molecule has 2 bridgehead atoms. The summed E-state index contributed by atoms with van der Waals surface area (Å²) in [6.45, 7) is 1.89. The van der Waals surface area contributed by atoms with Crippen LogP contribution in [0, 0.1) is 17.8 Å². The number of rotatable bonds is 1. The monoisotopic (exact) mass is 206 g/mol. The van der Waals surface area contributed by atoms with Crippen LogP contribution >= 0.6 is 0 Å². The van der Waals surface area contributed by atoms with Crippen molar-refractivity contribution in [1.82, 2.24) is 0 Å². The van der Waals surface area contributed by atoms with Gasteiger partial charge in [0.1, 0.15) is 6.10 Å². The Hall–Kier alpha value is -0.960. The molecule has 0 N–H and O–H groups in total. The Labute approximate surface area is 88.5 Å². The van der Waals surface area contributed by atoms with Gasteiger partial charge >= 0.3 is 0 Å². The molecule has 3 nitrogen and oxygen atoms in total. The molecule has 0 aromatic rings. The third-order valence-corrected chi connectivity index (χ3v) is 3.92. The zero-order chi connectivity index (χ0) is 10.6. The molecule has 15 heavy (non-hydrogen) atoms. The molecular weight excluding hydrogens is 192 g/mol. The molecule has 80 valence electrons. The summed E-state index contributed by atoms with van der Waals surface area (Å²) in [5.74, 6) is -0.0368. The Kier molecular flexibility index (Phi) is 1.87. The molecule has 0 spiro atoms. The molecule has 0 aromatic heterocycles. The van der Waals surface area contributed by atoms with Gasteiger partial charge in [-0.2, -0.15) is 0 Å². The van der Waals surface area contributed by atoms with Gasteiger partial charge in [0.2, 0.25) is 11.6 Å². The third-order valence-electron chi connectivity index (χ3n) is 3.92. The molecule has 1 saturated carbocycles. The van der Waals surface area contributed by atoms with E-state index in [-0.39, 0.29) is 29.5 Å². The molecule has 3 rings (SSSR count). The molecule has 0 amide bonds. The topological polar surface area (TPSA) is 43.4 Å². The summed E-state index contributed by atoms with van der Waals surface area (Å²) < 4.78 is 5.75. The first-order valence-corrected chi connectivity index (χ1v) is 5.64. The van der Waals surface area contributed by atoms with Crippen LogP contribution in [0.25, 0.3) is 0 Å². The zero-order valence-electron chi connectivity index (χ0n) is 8.68. The Morgan fingerprint density at radius 1 is 1.27 bits per heavy atom. The second-order valence-corrected chi connectivity index (χ2v) is 4.70. The molecule has 1 saturated heterocycles. The lowest BCUT2D eigenvalue weighted by atomic mass is 9.82. The largest absolute Gasteiger partial charge is 0.365 e. The van der Waals surface area contributed by atoms with Gasteiger partial charge in [-0.25, -0.2) is 0 Å². The van der Waals surface area contributed by atoms with E-state index in [2.05, 4.69) is 12.2 Å². The lowest BCUT2D eigenvalue weighted by Gasteiger charge is -2.34. The molecule has 3 heteroatoms. The lowest BCUT2D eigenvalue weighted by Crippen LogP contribution is -2.50. The average Bonchev–Trinajstić information content (AvgIpc) is 2.83. The quantitative estimate of drug-likeness (QED) is 0.477. The Balaban J connectivity index is 1.94. The van der Waals surface area contributed by atoms with Gasteiger partial charge in [0, 0.05) is 5.92 Å². The van der Waals surface area contributed by atoms with E-state index in [9.17, 15) is 9.59 Å². The number of fused-ring (bicyclic) bond motifs is 5. The standard InChI is InChI=1S/C12H14O3/c1-2-8-10(13)11(14)9-6-3-4-7(5-6)12(9)15-8/h3-4,6-9,12H,2,5H2,1H3. The van der Waals surface area contributed by atoms with E-state index in [0.717, 1.165) is 6.42 Å². The second-order valence-electron chi connectivity index (χ2n) is 4.70. The van der Waals surface area contributed by atoms with Crippen molar-refractivity contribution in [3.05, 3.63) is 12.2 Å². The second kappa shape index (κ2) is 3.01. The third kappa shape index (κ3) is 1.10. The molecule has 1 heterocycles. The smallest absolute Gasteiger partial charge is 0.227 e. The van der Waals surface area contributed by atoms with E-state index < -0.39 is 6.10 Å². The lowest BCUT2D eigenvalue weighted by molar-refractivity contribution is -0.163. The van der Waals surface area contributed by atoms with Crippen molar-refractivity contribution >= 4 is 11.6 Å². The highest BCUT2D eigenvalue weighted by atomic mass is 16.5. The van der Waals surface area contributed by atoms with Crippen molar-refractivity contribution < 1.29 is 14.3 Å². The summed E-state index contributed by atoms with van der Waals surface area (Å²) in [4.78, 5) is 23.6. The maximum atomic E-state index is 11.9. The highest BCUT2D eigenvalue weighted by molar-refractivity contribution is 6.40. The van der Waals surface area contributed by atoms with Crippen LogP contribution in [0.4, 0.5) is 0 Å². The van der Waals surface area contributed by atoms with Crippen molar-refractivity contribution in [3.8, 4) is 0 Å². The summed E-state index contributed by atoms with van der Waals surface area (Å²) >= 11 is 0. The number of carbonyl (C=O) groups is 2. The highest BCUT2D eigenvalue weighted by Gasteiger charge is 2.55. The summed E-state index contributed by atoms with van der Waals surface area (Å²) in [5, 5.41) is 0. The van der Waals surface area contributed by atoms with Gasteiger partial charge < -0.3 is 4.74 Å². The molecular formula is C12H14O3. The predicted molar refractivity (Wildman–Crippen MR) is 53.2 cm³/mol. The summed E-state index contributed by atoms with van der Waals surface area (Å²) in [5.41, 5.74) is 0. The van der Waals surface area contributed by atoms with Crippen molar-refractivity contribution in [2.24, 2.45) is 17.8 Å². The molecule has 5 unspecified atom stereocenters. The number of ketones is 2. The molecule has 1 aliphatic heterocycles. The molecule has 2 fully saturated rings. The molecule has 0 radical (unpaired) electrons. The number of Topliss-reactive ketones (excluding diaryl/α,β-unsaturated/α-hetero) is 2. The van der Waals surface area contributed by atoms with E-state index in [1.165, 1.54) is 0 Å². The van der Waals surface area contributed by atoms with Crippen LogP contribution < -0.4 is 0 Å². The minimum Gasteiger partial charge on any atom is -0.365 e. The van der Waals surface area contributed by atoms with Gasteiger partial charge in [-0.05, 0) is 18.8 Å². The SMILES string of the molecule is CCC1OC2C3C=CC(C3)C2C(=O)C1=O. The maximum absolute atomic E-state index is 11.9. The van der Waals surface area contributed by atoms with Crippen LogP contribution in [-0.2, 0) is 14.3 Å². The number of hydrogen-bond donors (Lipinski definition) is 0. The van der Waals surface area contributed by atoms with E-state index in [1.54, 1.807) is 0 Å². The molecule has 2 aliphatic carbocycles. The fourth-order valence-electron chi connectivity index (χ4n) is 3.16. The first-order chi connectivity index (χ1) is 7.22. The van der Waals surface area contributed by atoms with Gasteiger partial charge in [-0.1, -0.05) is 19.1 Å². The summed E-state index contributed by atoms with van der Waals surface area (Å²) in [6.07, 6.45) is 5.31. The van der Waals surface area contributed by atoms with Crippen molar-refractivity contribution in [2.75, 3.05) is 0 Å². The van der Waals surface area contributed by atoms with Crippen LogP contribution in [0.3, 0.4) is 0 Å². The summed E-state index contributed by atoms with van der Waals surface area (Å²) in [7, 11) is 0. The van der Waals surface area contributed by atoms with E-state index in [4.69, 9.17) is 4.74 Å². The van der Waals surface area contributed by atoms with Gasteiger partial charge in [0.25, 0.3) is 0 Å². The summed E-state index contributed by atoms with van der Waals surface area (Å²) in [6, 6.07) is 0. The first kappa shape index (κ1) is 9.28. The number of ether oxygens (including phenoxy) is 1. The van der Waals surface area contributed by atoms with Crippen LogP contribution in [-0.4, -0.2) is 23.8 Å². The van der Waals surface area contributed by atoms with E-state index >= 15 is 0 Å². The zero-order valence-corrected chi connectivity index (χ0v) is 8.68. The van der Waals surface area contributed by atoms with Crippen LogP contribution in [0.1, 0.15) is 19.8 Å². The van der Waals surface area contributed by atoms with Gasteiger partial charge in [0.05, 0.1) is 12.0 Å². The van der Waals surface area contributed by atoms with Crippen LogP contribution in [0.5, 0.6) is 0 Å². The van der Waals surface area contributed by atoms with E-state index in [0.29, 0.717) is 12.3 Å². The van der Waals surface area contributed by atoms with Gasteiger partial charge in [0.15, 0.2) is 0 Å². The van der Waals surface area contributed by atoms with Crippen molar-refractivity contribution in [3.63, 3.8) is 0 Å². The fourth-order valence-corrected chi connectivity index (χ4v) is 3.16. The average molecular weight is 206 g/mol. The van der Waals surface area contributed by atoms with Crippen molar-refractivity contribution in [2.45, 2.75) is 32.0 Å². The predicted octanol–water partition coefficient (Wildman–Crippen LogP) is 1.12. The minimum absolute atomic E-state index is 0.0184. The van der Waals surface area contributed by atoms with Crippen LogP contribution in [0.2, 0.25) is 0 Å². The first-order valence-electron chi connectivity index (χ1n) is 5.64. The van der Waals surface area contributed by atoms with E-state index in [1.807, 2.05) is 6.92 Å². The molecule has 5 atom stereocenters. The van der Waals surface area contributed by atoms with Gasteiger partial charge in [-0.15, -0.1) is 0 Å².